The van der Waals surface area contributed by atoms with Crippen molar-refractivity contribution in [2.45, 2.75) is 6.92 Å². The maximum absolute atomic E-state index is 5.19. The van der Waals surface area contributed by atoms with Crippen LogP contribution in [0.1, 0.15) is 5.69 Å². The SMILES string of the molecule is Cc1cc(-c2ccccc2)c2ccc3ccc(-c4ccc(-c5ccc(-c6cc(-c7ccccc7)cc(-c7ccccc7)n6)cc5)cc4)nc3c2n1. The largest absolute Gasteiger partial charge is 0.251 e. The van der Waals surface area contributed by atoms with E-state index in [1.54, 1.807) is 0 Å². The van der Waals surface area contributed by atoms with Crippen molar-refractivity contribution >= 4 is 21.8 Å². The molecular formula is C48H33N3. The molecule has 0 aliphatic rings. The highest BCUT2D eigenvalue weighted by Crippen LogP contribution is 2.35. The zero-order valence-corrected chi connectivity index (χ0v) is 28.2. The van der Waals surface area contributed by atoms with Gasteiger partial charge in [-0.3, -0.25) is 4.98 Å². The third kappa shape index (κ3) is 5.96. The summed E-state index contributed by atoms with van der Waals surface area (Å²) in [6.45, 7) is 2.06. The summed E-state index contributed by atoms with van der Waals surface area (Å²) in [4.78, 5) is 15.3. The Balaban J connectivity index is 1.03. The Bertz CT molecular complexity index is 2590. The molecule has 3 heteroatoms. The van der Waals surface area contributed by atoms with Crippen molar-refractivity contribution in [2.75, 3.05) is 0 Å². The lowest BCUT2D eigenvalue weighted by Gasteiger charge is -2.12. The highest BCUT2D eigenvalue weighted by molar-refractivity contribution is 6.08. The van der Waals surface area contributed by atoms with E-state index in [1.165, 1.54) is 16.7 Å². The van der Waals surface area contributed by atoms with Gasteiger partial charge in [0.05, 0.1) is 28.1 Å². The molecule has 3 aromatic heterocycles. The van der Waals surface area contributed by atoms with Crippen LogP contribution in [0.4, 0.5) is 0 Å². The molecule has 0 saturated carbocycles. The second-order valence-electron chi connectivity index (χ2n) is 12.9. The van der Waals surface area contributed by atoms with Gasteiger partial charge in [-0.25, -0.2) is 9.97 Å². The van der Waals surface area contributed by atoms with Crippen LogP contribution in [0, 0.1) is 6.92 Å². The smallest absolute Gasteiger partial charge is 0.0974 e. The highest BCUT2D eigenvalue weighted by atomic mass is 14.8. The van der Waals surface area contributed by atoms with Gasteiger partial charge < -0.3 is 0 Å². The monoisotopic (exact) mass is 651 g/mol. The first-order valence-electron chi connectivity index (χ1n) is 17.3. The molecule has 0 N–H and O–H groups in total. The van der Waals surface area contributed by atoms with Crippen LogP contribution in [-0.2, 0) is 0 Å². The number of rotatable bonds is 6. The van der Waals surface area contributed by atoms with Crippen molar-refractivity contribution < 1.29 is 0 Å². The summed E-state index contributed by atoms with van der Waals surface area (Å²) in [5.41, 5.74) is 15.9. The normalized spacial score (nSPS) is 11.2. The predicted octanol–water partition coefficient (Wildman–Crippen LogP) is 12.5. The van der Waals surface area contributed by atoms with Crippen LogP contribution >= 0.6 is 0 Å². The quantitative estimate of drug-likeness (QED) is 0.168. The maximum atomic E-state index is 5.19. The van der Waals surface area contributed by atoms with Crippen LogP contribution in [0.25, 0.3) is 89.0 Å². The fraction of sp³-hybridized carbons (Fsp3) is 0.0208. The van der Waals surface area contributed by atoms with E-state index in [0.29, 0.717) is 0 Å². The van der Waals surface area contributed by atoms with Crippen LogP contribution in [0.2, 0.25) is 0 Å². The summed E-state index contributed by atoms with van der Waals surface area (Å²) in [6.07, 6.45) is 0. The van der Waals surface area contributed by atoms with Crippen LogP contribution in [0.15, 0.2) is 182 Å². The Morgan fingerprint density at radius 3 is 1.39 bits per heavy atom. The van der Waals surface area contributed by atoms with Gasteiger partial charge in [0, 0.05) is 33.2 Å². The molecule has 0 unspecified atom stereocenters. The Morgan fingerprint density at radius 2 is 0.784 bits per heavy atom. The van der Waals surface area contributed by atoms with E-state index in [0.717, 1.165) is 78.0 Å². The molecule has 0 aliphatic carbocycles. The number of nitrogens with zero attached hydrogens (tertiary/aromatic N) is 3. The van der Waals surface area contributed by atoms with E-state index >= 15 is 0 Å². The standard InChI is InChI=1S/C48H33N3/c1-32-29-43(36-13-7-3-8-14-36)42-27-25-40-26-28-44(51-47(40)48(42)49-32)38-21-17-34(18-22-38)35-19-23-39(24-20-35)46-31-41(33-11-5-2-6-12-33)30-45(50-46)37-15-9-4-10-16-37/h2-31H,1H3. The molecule has 9 aromatic rings. The summed E-state index contributed by atoms with van der Waals surface area (Å²) in [6, 6.07) is 63.9. The zero-order valence-electron chi connectivity index (χ0n) is 28.2. The third-order valence-corrected chi connectivity index (χ3v) is 9.55. The van der Waals surface area contributed by atoms with Gasteiger partial charge in [-0.15, -0.1) is 0 Å². The summed E-state index contributed by atoms with van der Waals surface area (Å²) in [5, 5.41) is 2.20. The molecule has 9 rings (SSSR count). The highest BCUT2D eigenvalue weighted by Gasteiger charge is 2.13. The molecule has 0 radical (unpaired) electrons. The molecule has 3 nitrogen and oxygen atoms in total. The Kier molecular flexibility index (Phi) is 7.71. The molecule has 0 atom stereocenters. The average molecular weight is 652 g/mol. The Labute approximate surface area is 297 Å². The molecular weight excluding hydrogens is 619 g/mol. The lowest BCUT2D eigenvalue weighted by Crippen LogP contribution is -1.93. The lowest BCUT2D eigenvalue weighted by molar-refractivity contribution is 1.25. The van der Waals surface area contributed by atoms with Crippen molar-refractivity contribution in [3.05, 3.63) is 188 Å². The summed E-state index contributed by atoms with van der Waals surface area (Å²) < 4.78 is 0. The van der Waals surface area contributed by atoms with E-state index in [4.69, 9.17) is 15.0 Å². The van der Waals surface area contributed by atoms with E-state index in [-0.39, 0.29) is 0 Å². The summed E-state index contributed by atoms with van der Waals surface area (Å²) in [5.74, 6) is 0. The summed E-state index contributed by atoms with van der Waals surface area (Å²) in [7, 11) is 0. The second kappa shape index (κ2) is 13.0. The average Bonchev–Trinajstić information content (AvgIpc) is 3.21. The topological polar surface area (TPSA) is 38.7 Å². The first-order valence-corrected chi connectivity index (χ1v) is 17.3. The molecule has 6 aromatic carbocycles. The Morgan fingerprint density at radius 1 is 0.314 bits per heavy atom. The fourth-order valence-corrected chi connectivity index (χ4v) is 6.92. The van der Waals surface area contributed by atoms with E-state index in [9.17, 15) is 0 Å². The first kappa shape index (κ1) is 30.4. The molecule has 0 fully saturated rings. The van der Waals surface area contributed by atoms with Crippen molar-refractivity contribution in [3.63, 3.8) is 0 Å². The molecule has 0 spiro atoms. The van der Waals surface area contributed by atoms with Gasteiger partial charge in [-0.1, -0.05) is 158 Å². The summed E-state index contributed by atoms with van der Waals surface area (Å²) >= 11 is 0. The van der Waals surface area contributed by atoms with Gasteiger partial charge >= 0.3 is 0 Å². The number of hydrogen-bond donors (Lipinski definition) is 0. The van der Waals surface area contributed by atoms with Crippen LogP contribution in [0.5, 0.6) is 0 Å². The van der Waals surface area contributed by atoms with E-state index in [2.05, 4.69) is 177 Å². The number of aromatic nitrogens is 3. The fourth-order valence-electron chi connectivity index (χ4n) is 6.92. The predicted molar refractivity (Wildman–Crippen MR) is 212 cm³/mol. The number of hydrogen-bond acceptors (Lipinski definition) is 3. The van der Waals surface area contributed by atoms with Crippen molar-refractivity contribution in [3.8, 4) is 67.2 Å². The van der Waals surface area contributed by atoms with Gasteiger partial charge in [0.2, 0.25) is 0 Å². The van der Waals surface area contributed by atoms with E-state index < -0.39 is 0 Å². The minimum atomic E-state index is 0.922. The lowest BCUT2D eigenvalue weighted by atomic mass is 9.97. The van der Waals surface area contributed by atoms with Crippen molar-refractivity contribution in [1.29, 1.82) is 0 Å². The van der Waals surface area contributed by atoms with Gasteiger partial charge in [0.25, 0.3) is 0 Å². The van der Waals surface area contributed by atoms with Crippen LogP contribution in [-0.4, -0.2) is 15.0 Å². The van der Waals surface area contributed by atoms with Crippen LogP contribution < -0.4 is 0 Å². The number of pyridine rings is 3. The maximum Gasteiger partial charge on any atom is 0.0974 e. The number of benzene rings is 6. The molecule has 0 amide bonds. The van der Waals surface area contributed by atoms with Gasteiger partial charge in [-0.05, 0) is 64.6 Å². The number of aryl methyl sites for hydroxylation is 1. The molecule has 0 aliphatic heterocycles. The third-order valence-electron chi connectivity index (χ3n) is 9.55. The van der Waals surface area contributed by atoms with Gasteiger partial charge in [0.1, 0.15) is 0 Å². The molecule has 51 heavy (non-hydrogen) atoms. The first-order chi connectivity index (χ1) is 25.2. The molecule has 0 saturated heterocycles. The van der Waals surface area contributed by atoms with Crippen molar-refractivity contribution in [2.24, 2.45) is 0 Å². The molecule has 240 valence electrons. The number of fused-ring (bicyclic) bond motifs is 3. The van der Waals surface area contributed by atoms with Crippen molar-refractivity contribution in [1.82, 2.24) is 15.0 Å². The molecule has 3 heterocycles. The Hall–Kier alpha value is -6.71. The minimum absolute atomic E-state index is 0.922. The second-order valence-corrected chi connectivity index (χ2v) is 12.9. The van der Waals surface area contributed by atoms with Gasteiger partial charge in [0.15, 0.2) is 0 Å². The minimum Gasteiger partial charge on any atom is -0.251 e. The zero-order chi connectivity index (χ0) is 34.1. The van der Waals surface area contributed by atoms with E-state index in [1.807, 2.05) is 12.1 Å². The molecule has 0 bridgehead atoms. The van der Waals surface area contributed by atoms with Crippen LogP contribution in [0.3, 0.4) is 0 Å². The van der Waals surface area contributed by atoms with Gasteiger partial charge in [-0.2, -0.15) is 0 Å².